The molecule has 0 fully saturated rings. The van der Waals surface area contributed by atoms with E-state index in [9.17, 15) is 0 Å². The van der Waals surface area contributed by atoms with Crippen LogP contribution >= 0.6 is 0 Å². The molecule has 0 saturated heterocycles. The van der Waals surface area contributed by atoms with Gasteiger partial charge in [-0.25, -0.2) is 0 Å². The van der Waals surface area contributed by atoms with E-state index in [1.54, 1.807) is 0 Å². The van der Waals surface area contributed by atoms with Gasteiger partial charge in [-0.15, -0.1) is 0 Å². The maximum atomic E-state index is 8.48. The molecular weight excluding hydrogens is 723 g/mol. The van der Waals surface area contributed by atoms with Gasteiger partial charge in [0.25, 0.3) is 0 Å². The van der Waals surface area contributed by atoms with Crippen molar-refractivity contribution in [3.63, 3.8) is 0 Å². The van der Waals surface area contributed by atoms with Crippen LogP contribution in [-0.2, 0) is 5.41 Å². The van der Waals surface area contributed by atoms with Gasteiger partial charge in [0.2, 0.25) is 0 Å². The number of fused-ring (bicyclic) bond motifs is 3. The number of hydrogen-bond acceptors (Lipinski definition) is 1. The number of rotatable bonds is 10. The Labute approximate surface area is 362 Å². The molecule has 1 nitrogen and oxygen atoms in total. The van der Waals surface area contributed by atoms with Gasteiger partial charge in [0.1, 0.15) is 0 Å². The summed E-state index contributed by atoms with van der Waals surface area (Å²) in [6.07, 6.45) is 0. The molecule has 0 aliphatic heterocycles. The Balaban J connectivity index is 1.25. The van der Waals surface area contributed by atoms with Crippen molar-refractivity contribution in [1.82, 2.24) is 0 Å². The van der Waals surface area contributed by atoms with Crippen molar-refractivity contribution < 1.29 is 8.22 Å². The van der Waals surface area contributed by atoms with Crippen LogP contribution in [-0.4, -0.2) is 0 Å². The topological polar surface area (TPSA) is 3.24 Å². The second-order valence-electron chi connectivity index (χ2n) is 15.1. The number of benzene rings is 9. The minimum absolute atomic E-state index is 0.160. The summed E-state index contributed by atoms with van der Waals surface area (Å²) < 4.78 is 48.5. The fraction of sp³-hybridized carbons (Fsp3) is 0.0169. The van der Waals surface area contributed by atoms with Gasteiger partial charge in [-0.1, -0.05) is 213 Å². The number of hydrogen-bond donors (Lipinski definition) is 0. The van der Waals surface area contributed by atoms with Crippen LogP contribution in [0.5, 0.6) is 0 Å². The van der Waals surface area contributed by atoms with E-state index >= 15 is 0 Å². The Hall–Kier alpha value is -7.74. The molecule has 0 saturated carbocycles. The van der Waals surface area contributed by atoms with E-state index < -0.39 is 18.5 Å². The highest BCUT2D eigenvalue weighted by Crippen LogP contribution is 2.57. The Kier molecular flexibility index (Phi) is 7.87. The predicted octanol–water partition coefficient (Wildman–Crippen LogP) is 15.8. The average Bonchev–Trinajstić information content (AvgIpc) is 3.67. The molecule has 0 amide bonds. The SMILES string of the molecule is [2H]C([2H])=C([2H])c1ccc(C2(c3ccc(C([2H])=C([2H])[2H])cc3)c3ccccc3-c3ccc(N(c4ccc(-c5ccccc5)cc4)c4ccc(-c5ccccc5)cc4-c4ccccc4)cc32)cc1. The lowest BCUT2D eigenvalue weighted by Crippen LogP contribution is -2.29. The van der Waals surface area contributed by atoms with E-state index in [0.29, 0.717) is 11.1 Å². The van der Waals surface area contributed by atoms with Crippen LogP contribution in [0.15, 0.2) is 238 Å². The van der Waals surface area contributed by atoms with Gasteiger partial charge in [-0.3, -0.25) is 0 Å². The zero-order chi connectivity index (χ0) is 45.4. The molecule has 0 bridgehead atoms. The number of nitrogens with zero attached hydrogens (tertiary/aromatic N) is 1. The first kappa shape index (κ1) is 30.4. The Bertz CT molecular complexity index is 3200. The molecule has 0 N–H and O–H groups in total. The fourth-order valence-electron chi connectivity index (χ4n) is 9.05. The molecule has 0 unspecified atom stereocenters. The molecule has 0 atom stereocenters. The summed E-state index contributed by atoms with van der Waals surface area (Å²) in [5.41, 5.74) is 15.6. The van der Waals surface area contributed by atoms with Crippen LogP contribution in [0.4, 0.5) is 17.1 Å². The first-order chi connectivity index (χ1) is 32.2. The maximum Gasteiger partial charge on any atom is 0.0714 e. The molecule has 0 heterocycles. The summed E-state index contributed by atoms with van der Waals surface area (Å²) in [5, 5.41) is 0. The molecule has 0 aromatic heterocycles. The predicted molar refractivity (Wildman–Crippen MR) is 255 cm³/mol. The first-order valence-electron chi connectivity index (χ1n) is 23.2. The lowest BCUT2D eigenvalue weighted by atomic mass is 9.67. The lowest BCUT2D eigenvalue weighted by molar-refractivity contribution is 0.768. The Morgan fingerprint density at radius 3 is 1.47 bits per heavy atom. The molecule has 1 aliphatic rings. The zero-order valence-electron chi connectivity index (χ0n) is 38.8. The van der Waals surface area contributed by atoms with Gasteiger partial charge < -0.3 is 4.90 Å². The molecule has 284 valence electrons. The average molecular weight is 772 g/mol. The molecule has 1 heteroatoms. The molecule has 1 aliphatic carbocycles. The summed E-state index contributed by atoms with van der Waals surface area (Å²) >= 11 is 0. The van der Waals surface area contributed by atoms with E-state index in [1.807, 2.05) is 66.7 Å². The second kappa shape index (κ2) is 15.5. The normalized spacial score (nSPS) is 13.5. The van der Waals surface area contributed by atoms with Crippen LogP contribution in [0.2, 0.25) is 0 Å². The smallest absolute Gasteiger partial charge is 0.0714 e. The van der Waals surface area contributed by atoms with E-state index in [4.69, 9.17) is 8.22 Å². The van der Waals surface area contributed by atoms with Crippen molar-refractivity contribution in [3.05, 3.63) is 271 Å². The summed E-state index contributed by atoms with van der Waals surface area (Å²) in [6.45, 7) is -1.11. The molecule has 9 aromatic rings. The minimum atomic E-state index is -0.908. The van der Waals surface area contributed by atoms with Gasteiger partial charge in [0, 0.05) is 16.9 Å². The molecular formula is C59H43N. The Morgan fingerprint density at radius 1 is 0.383 bits per heavy atom. The van der Waals surface area contributed by atoms with Gasteiger partial charge in [-0.2, -0.15) is 0 Å². The van der Waals surface area contributed by atoms with Crippen LogP contribution in [0.3, 0.4) is 0 Å². The summed E-state index contributed by atoms with van der Waals surface area (Å²) in [6, 6.07) is 76.9. The van der Waals surface area contributed by atoms with Crippen LogP contribution < -0.4 is 4.90 Å². The minimum Gasteiger partial charge on any atom is -0.310 e. The van der Waals surface area contributed by atoms with Gasteiger partial charge in [0.15, 0.2) is 0 Å². The quantitative estimate of drug-likeness (QED) is 0.134. The van der Waals surface area contributed by atoms with Crippen molar-refractivity contribution in [2.24, 2.45) is 0 Å². The van der Waals surface area contributed by atoms with Crippen LogP contribution in [0, 0.1) is 0 Å². The third-order valence-electron chi connectivity index (χ3n) is 11.9. The van der Waals surface area contributed by atoms with E-state index in [1.165, 1.54) is 0 Å². The van der Waals surface area contributed by atoms with E-state index in [-0.39, 0.29) is 12.1 Å². The fourth-order valence-corrected chi connectivity index (χ4v) is 9.05. The summed E-state index contributed by atoms with van der Waals surface area (Å²) in [4.78, 5) is 2.34. The largest absolute Gasteiger partial charge is 0.310 e. The Morgan fingerprint density at radius 2 is 0.867 bits per heavy atom. The monoisotopic (exact) mass is 771 g/mol. The molecule has 9 aromatic carbocycles. The van der Waals surface area contributed by atoms with Crippen molar-refractivity contribution in [1.29, 1.82) is 0 Å². The van der Waals surface area contributed by atoms with Crippen LogP contribution in [0.1, 0.15) is 41.6 Å². The van der Waals surface area contributed by atoms with Gasteiger partial charge in [0.05, 0.1) is 19.3 Å². The molecule has 0 spiro atoms. The van der Waals surface area contributed by atoms with E-state index in [2.05, 4.69) is 163 Å². The van der Waals surface area contributed by atoms with Crippen molar-refractivity contribution in [3.8, 4) is 44.5 Å². The molecule has 60 heavy (non-hydrogen) atoms. The van der Waals surface area contributed by atoms with Crippen molar-refractivity contribution >= 4 is 29.2 Å². The van der Waals surface area contributed by atoms with Crippen LogP contribution in [0.25, 0.3) is 56.6 Å². The molecule has 10 rings (SSSR count). The molecule has 0 radical (unpaired) electrons. The summed E-state index contributed by atoms with van der Waals surface area (Å²) in [7, 11) is 0. The third kappa shape index (κ3) is 6.29. The van der Waals surface area contributed by atoms with Gasteiger partial charge in [-0.05, 0) is 109 Å². The summed E-state index contributed by atoms with van der Waals surface area (Å²) in [5.74, 6) is 0. The second-order valence-corrected chi connectivity index (χ2v) is 15.1. The highest BCUT2D eigenvalue weighted by atomic mass is 15.1. The van der Waals surface area contributed by atoms with Crippen molar-refractivity contribution in [2.45, 2.75) is 5.41 Å². The first-order valence-corrected chi connectivity index (χ1v) is 20.2. The van der Waals surface area contributed by atoms with Crippen molar-refractivity contribution in [2.75, 3.05) is 4.90 Å². The standard InChI is InChI=1S/C59H43N/c1-3-42-24-31-49(32-25-42)59(50-33-26-43(4-2)27-34-50)56-23-15-14-22-53(56)54-38-37-52(41-57(54)59)60(51-35-28-46(29-36-51)44-16-8-5-9-17-44)58-39-30-48(45-18-10-6-11-19-45)40-55(58)47-20-12-7-13-21-47/h3-41H,1-2H2/i1D2,2D2,3D,4D. The zero-order valence-corrected chi connectivity index (χ0v) is 32.8. The van der Waals surface area contributed by atoms with E-state index in [0.717, 1.165) is 83.8 Å². The lowest BCUT2D eigenvalue weighted by Gasteiger charge is -2.35. The highest BCUT2D eigenvalue weighted by molar-refractivity contribution is 5.94. The third-order valence-corrected chi connectivity index (χ3v) is 11.9. The van der Waals surface area contributed by atoms with Gasteiger partial charge >= 0.3 is 0 Å². The maximum absolute atomic E-state index is 8.48. The highest BCUT2D eigenvalue weighted by Gasteiger charge is 2.46. The number of anilines is 3.